The second kappa shape index (κ2) is 15.3. The molecular formula is C38H54ClN3O6SSi. The lowest BCUT2D eigenvalue weighted by atomic mass is 9.70. The van der Waals surface area contributed by atoms with E-state index in [1.54, 1.807) is 6.07 Å². The summed E-state index contributed by atoms with van der Waals surface area (Å²) in [5, 5.41) is 0.766. The van der Waals surface area contributed by atoms with Crippen LogP contribution >= 0.6 is 11.6 Å². The van der Waals surface area contributed by atoms with E-state index in [0.29, 0.717) is 42.2 Å². The van der Waals surface area contributed by atoms with Crippen molar-refractivity contribution < 1.29 is 27.1 Å². The van der Waals surface area contributed by atoms with E-state index in [0.717, 1.165) is 62.9 Å². The third kappa shape index (κ3) is 8.61. The van der Waals surface area contributed by atoms with E-state index in [1.807, 2.05) is 30.3 Å². The fourth-order valence-corrected chi connectivity index (χ4v) is 9.73. The molecule has 6 rings (SSSR count). The fourth-order valence-electron chi connectivity index (χ4n) is 7.06. The summed E-state index contributed by atoms with van der Waals surface area (Å²) < 4.78 is 50.5. The molecule has 274 valence electrons. The highest BCUT2D eigenvalue weighted by Gasteiger charge is 2.44. The number of halogens is 1. The van der Waals surface area contributed by atoms with Crippen LogP contribution in [-0.2, 0) is 32.4 Å². The summed E-state index contributed by atoms with van der Waals surface area (Å²) in [5.74, 6) is 0.730. The molecule has 9 nitrogen and oxygen atoms in total. The van der Waals surface area contributed by atoms with E-state index in [-0.39, 0.29) is 35.9 Å². The van der Waals surface area contributed by atoms with Crippen LogP contribution in [0.5, 0.6) is 5.75 Å². The Balaban J connectivity index is 1.38. The molecule has 0 spiro atoms. The fraction of sp³-hybridized carbons (Fsp3) is 0.605. The Kier molecular flexibility index (Phi) is 11.4. The topological polar surface area (TPSA) is 97.4 Å². The maximum atomic E-state index is 13.8. The van der Waals surface area contributed by atoms with E-state index in [4.69, 9.17) is 25.5 Å². The van der Waals surface area contributed by atoms with Gasteiger partial charge in [-0.05, 0) is 116 Å². The molecular weight excluding hydrogens is 690 g/mol. The standard InChI is InChI=1S/C38H54ClN3O6SSi/c1-38(2,3)50(4,5)48-35-11-7-9-20-42(25-32-18-21-46-32)49(44,45)40-37(43)28-14-17-36-34(23-28)41(24-29-13-16-33(29)35)19-8-6-10-27-22-31(39)15-12-30(27)26-47-36/h7,11-12,14-15,17,22-23,29,32-33,35H,6,8-10,13,16,18-21,24-26H2,1-5H3,(H,40,43)/b11-7+/t29-,32+,33+,35?/m0/s1. The van der Waals surface area contributed by atoms with Gasteiger partial charge in [-0.2, -0.15) is 12.7 Å². The highest BCUT2D eigenvalue weighted by Crippen LogP contribution is 2.45. The van der Waals surface area contributed by atoms with Crippen LogP contribution in [0.4, 0.5) is 5.69 Å². The summed E-state index contributed by atoms with van der Waals surface area (Å²) in [7, 11) is -6.27. The summed E-state index contributed by atoms with van der Waals surface area (Å²) in [6.45, 7) is 14.4. The molecule has 1 unspecified atom stereocenters. The molecule has 50 heavy (non-hydrogen) atoms. The quantitative estimate of drug-likeness (QED) is 0.256. The first kappa shape index (κ1) is 37.3. The monoisotopic (exact) mass is 743 g/mol. The Morgan fingerprint density at radius 3 is 2.54 bits per heavy atom. The van der Waals surface area contributed by atoms with Gasteiger partial charge in [0, 0.05) is 43.4 Å². The number of anilines is 1. The van der Waals surface area contributed by atoms with Crippen molar-refractivity contribution in [3.8, 4) is 5.75 Å². The molecule has 3 heterocycles. The largest absolute Gasteiger partial charge is 0.487 e. The number of hydrogen-bond donors (Lipinski definition) is 1. The molecule has 3 aliphatic heterocycles. The van der Waals surface area contributed by atoms with Gasteiger partial charge in [-0.25, -0.2) is 4.72 Å². The number of nitrogens with one attached hydrogen (secondary N) is 1. The minimum atomic E-state index is -4.15. The first-order valence-electron chi connectivity index (χ1n) is 18.3. The summed E-state index contributed by atoms with van der Waals surface area (Å²) in [6.07, 6.45) is 10.3. The van der Waals surface area contributed by atoms with Crippen LogP contribution in [0.25, 0.3) is 0 Å². The molecule has 1 saturated carbocycles. The number of amides is 1. The normalized spacial score (nSPS) is 27.2. The smallest absolute Gasteiger partial charge is 0.304 e. The number of aryl methyl sites for hydroxylation is 1. The van der Waals surface area contributed by atoms with E-state index in [2.05, 4.69) is 55.6 Å². The molecule has 12 heteroatoms. The van der Waals surface area contributed by atoms with Crippen LogP contribution in [0, 0.1) is 11.8 Å². The van der Waals surface area contributed by atoms with Crippen LogP contribution in [0.15, 0.2) is 48.6 Å². The van der Waals surface area contributed by atoms with Crippen molar-refractivity contribution in [2.75, 3.05) is 37.7 Å². The summed E-state index contributed by atoms with van der Waals surface area (Å²) in [5.41, 5.74) is 3.36. The first-order valence-corrected chi connectivity index (χ1v) is 23.0. The first-order chi connectivity index (χ1) is 23.7. The molecule has 2 aromatic carbocycles. The van der Waals surface area contributed by atoms with Crippen LogP contribution in [0.2, 0.25) is 23.2 Å². The highest BCUT2D eigenvalue weighted by molar-refractivity contribution is 7.87. The Morgan fingerprint density at radius 1 is 1.04 bits per heavy atom. The molecule has 1 amide bonds. The number of fused-ring (bicyclic) bond motifs is 3. The molecule has 4 aliphatic rings. The number of carbonyl (C=O) groups excluding carboxylic acids is 1. The third-order valence-electron chi connectivity index (χ3n) is 11.5. The van der Waals surface area contributed by atoms with Gasteiger partial charge in [0.2, 0.25) is 0 Å². The second-order valence-electron chi connectivity index (χ2n) is 15.9. The van der Waals surface area contributed by atoms with E-state index < -0.39 is 24.4 Å². The second-order valence-corrected chi connectivity index (χ2v) is 22.8. The van der Waals surface area contributed by atoms with Crippen LogP contribution in [0.1, 0.15) is 80.8 Å². The van der Waals surface area contributed by atoms with Gasteiger partial charge in [0.05, 0.1) is 17.9 Å². The Morgan fingerprint density at radius 2 is 1.84 bits per heavy atom. The average molecular weight is 744 g/mol. The van der Waals surface area contributed by atoms with Crippen molar-refractivity contribution in [2.24, 2.45) is 11.8 Å². The molecule has 2 aromatic rings. The van der Waals surface area contributed by atoms with E-state index in [9.17, 15) is 13.2 Å². The van der Waals surface area contributed by atoms with Crippen molar-refractivity contribution in [3.63, 3.8) is 0 Å². The van der Waals surface area contributed by atoms with Gasteiger partial charge < -0.3 is 18.8 Å². The molecule has 1 aliphatic carbocycles. The van der Waals surface area contributed by atoms with Gasteiger partial charge in [-0.1, -0.05) is 50.6 Å². The molecule has 0 radical (unpaired) electrons. The molecule has 1 N–H and O–H groups in total. The predicted molar refractivity (Wildman–Crippen MR) is 202 cm³/mol. The molecule has 1 saturated heterocycles. The molecule has 2 bridgehead atoms. The maximum Gasteiger partial charge on any atom is 0.304 e. The average Bonchev–Trinajstić information content (AvgIpc) is 3.03. The predicted octanol–water partition coefficient (Wildman–Crippen LogP) is 7.50. The number of nitrogens with zero attached hydrogens (tertiary/aromatic N) is 2. The minimum absolute atomic E-state index is 0.0496. The highest BCUT2D eigenvalue weighted by atomic mass is 35.5. The van der Waals surface area contributed by atoms with Crippen molar-refractivity contribution in [3.05, 3.63) is 70.3 Å². The Labute approximate surface area is 305 Å². The van der Waals surface area contributed by atoms with Crippen molar-refractivity contribution in [2.45, 2.75) is 103 Å². The van der Waals surface area contributed by atoms with Crippen LogP contribution in [-0.4, -0.2) is 71.9 Å². The Bertz CT molecular complexity index is 1670. The van der Waals surface area contributed by atoms with Crippen molar-refractivity contribution in [1.29, 1.82) is 0 Å². The lowest BCUT2D eigenvalue weighted by Crippen LogP contribution is -2.50. The van der Waals surface area contributed by atoms with Crippen molar-refractivity contribution in [1.82, 2.24) is 9.03 Å². The maximum absolute atomic E-state index is 13.8. The lowest BCUT2D eigenvalue weighted by Gasteiger charge is -2.47. The summed E-state index contributed by atoms with van der Waals surface area (Å²) in [6, 6.07) is 11.2. The zero-order chi connectivity index (χ0) is 35.7. The number of rotatable bonds is 4. The Hall–Kier alpha value is -2.41. The number of carbonyl (C=O) groups is 1. The van der Waals surface area contributed by atoms with Gasteiger partial charge in [-0.3, -0.25) is 4.79 Å². The van der Waals surface area contributed by atoms with Gasteiger partial charge in [0.15, 0.2) is 8.32 Å². The van der Waals surface area contributed by atoms with E-state index in [1.165, 1.54) is 9.87 Å². The third-order valence-corrected chi connectivity index (χ3v) is 17.6. The molecule has 0 aromatic heterocycles. The number of benzene rings is 2. The zero-order valence-electron chi connectivity index (χ0n) is 30.3. The van der Waals surface area contributed by atoms with Gasteiger partial charge in [0.1, 0.15) is 12.4 Å². The number of hydrogen-bond acceptors (Lipinski definition) is 7. The zero-order valence-corrected chi connectivity index (χ0v) is 32.8. The van der Waals surface area contributed by atoms with E-state index >= 15 is 0 Å². The summed E-state index contributed by atoms with van der Waals surface area (Å²) in [4.78, 5) is 16.1. The van der Waals surface area contributed by atoms with Crippen LogP contribution in [0.3, 0.4) is 0 Å². The van der Waals surface area contributed by atoms with Gasteiger partial charge in [-0.15, -0.1) is 0 Å². The minimum Gasteiger partial charge on any atom is -0.487 e. The van der Waals surface area contributed by atoms with Crippen LogP contribution < -0.4 is 14.4 Å². The molecule has 4 atom stereocenters. The van der Waals surface area contributed by atoms with Crippen molar-refractivity contribution >= 4 is 41.7 Å². The summed E-state index contributed by atoms with van der Waals surface area (Å²) >= 11 is 6.39. The van der Waals surface area contributed by atoms with Gasteiger partial charge >= 0.3 is 10.2 Å². The van der Waals surface area contributed by atoms with Gasteiger partial charge in [0.25, 0.3) is 5.91 Å². The number of ether oxygens (including phenoxy) is 2. The lowest BCUT2D eigenvalue weighted by molar-refractivity contribution is -0.0574. The molecule has 2 fully saturated rings. The SMILES string of the molecule is CC(C)(C)[Si](C)(C)OC1/C=C/CCN(C[C@H]2CCO2)S(=O)(=O)NC(=O)c2ccc3c(c2)N(CCCCc2cc(Cl)ccc2CO3)C[C@@H]2CC[C@@H]12.